The highest BCUT2D eigenvalue weighted by atomic mass is 19.4. The lowest BCUT2D eigenvalue weighted by Gasteiger charge is -2.10. The minimum atomic E-state index is -4.49. The van der Waals surface area contributed by atoms with Gasteiger partial charge in [-0.2, -0.15) is 18.3 Å². The number of rotatable bonds is 7. The van der Waals surface area contributed by atoms with E-state index in [1.165, 1.54) is 59.0 Å². The monoisotopic (exact) mass is 500 g/mol. The van der Waals surface area contributed by atoms with Crippen molar-refractivity contribution in [2.75, 3.05) is 6.54 Å². The minimum Gasteiger partial charge on any atom is -0.350 e. The number of carbonyl (C=O) groups is 1. The summed E-state index contributed by atoms with van der Waals surface area (Å²) in [4.78, 5) is 40.1. The Kier molecular flexibility index (Phi) is 6.55. The van der Waals surface area contributed by atoms with E-state index >= 15 is 0 Å². The smallest absolute Gasteiger partial charge is 0.350 e. The number of nitro groups is 1. The molecule has 0 aliphatic carbocycles. The fourth-order valence-electron chi connectivity index (χ4n) is 3.75. The van der Waals surface area contributed by atoms with Crippen LogP contribution in [0.4, 0.5) is 18.9 Å². The molecule has 0 atom stereocenters. The molecule has 0 bridgehead atoms. The van der Waals surface area contributed by atoms with Crippen molar-refractivity contribution in [3.63, 3.8) is 0 Å². The van der Waals surface area contributed by atoms with Crippen LogP contribution in [-0.2, 0) is 19.3 Å². The van der Waals surface area contributed by atoms with E-state index in [9.17, 15) is 32.9 Å². The first-order valence-electron chi connectivity index (χ1n) is 10.7. The summed E-state index contributed by atoms with van der Waals surface area (Å²) in [6, 6.07) is 8.92. The van der Waals surface area contributed by atoms with Crippen molar-refractivity contribution < 1.29 is 22.9 Å². The van der Waals surface area contributed by atoms with Crippen LogP contribution in [0.2, 0.25) is 0 Å². The number of halogens is 3. The van der Waals surface area contributed by atoms with Crippen molar-refractivity contribution in [3.05, 3.63) is 97.7 Å². The summed E-state index contributed by atoms with van der Waals surface area (Å²) in [6.07, 6.45) is -1.96. The number of hydrogen-bond donors (Lipinski definition) is 1. The van der Waals surface area contributed by atoms with E-state index in [1.54, 1.807) is 0 Å². The lowest BCUT2D eigenvalue weighted by molar-refractivity contribution is -0.385. The van der Waals surface area contributed by atoms with Gasteiger partial charge in [0.15, 0.2) is 5.65 Å². The van der Waals surface area contributed by atoms with Crippen LogP contribution in [0.3, 0.4) is 0 Å². The molecule has 4 rings (SSSR count). The lowest BCUT2D eigenvalue weighted by atomic mass is 10.1. The van der Waals surface area contributed by atoms with E-state index in [1.807, 2.05) is 0 Å². The minimum absolute atomic E-state index is 0.102. The number of hydrogen-bond acceptors (Lipinski definition) is 6. The van der Waals surface area contributed by atoms with Crippen molar-refractivity contribution in [1.82, 2.24) is 24.6 Å². The second-order valence-electron chi connectivity index (χ2n) is 7.94. The van der Waals surface area contributed by atoms with Crippen LogP contribution < -0.4 is 10.9 Å². The van der Waals surface area contributed by atoms with Crippen LogP contribution in [-0.4, -0.2) is 36.7 Å². The van der Waals surface area contributed by atoms with Gasteiger partial charge in [0, 0.05) is 23.7 Å². The largest absolute Gasteiger partial charge is 0.416 e. The van der Waals surface area contributed by atoms with Gasteiger partial charge in [-0.15, -0.1) is 0 Å². The lowest BCUT2D eigenvalue weighted by Crippen LogP contribution is -2.28. The van der Waals surface area contributed by atoms with Gasteiger partial charge >= 0.3 is 6.18 Å². The molecule has 1 N–H and O–H groups in total. The molecule has 0 fully saturated rings. The summed E-state index contributed by atoms with van der Waals surface area (Å²) in [5.41, 5.74) is -0.484. The summed E-state index contributed by atoms with van der Waals surface area (Å²) < 4.78 is 41.5. The molecule has 0 unspecified atom stereocenters. The number of fused-ring (bicyclic) bond motifs is 1. The predicted octanol–water partition coefficient (Wildman–Crippen LogP) is 3.31. The van der Waals surface area contributed by atoms with Crippen LogP contribution in [0, 0.1) is 17.0 Å². The third-order valence-electron chi connectivity index (χ3n) is 5.59. The van der Waals surface area contributed by atoms with Gasteiger partial charge in [0.1, 0.15) is 11.7 Å². The molecule has 2 aromatic carbocycles. The third-order valence-corrected chi connectivity index (χ3v) is 5.59. The molecule has 0 spiro atoms. The van der Waals surface area contributed by atoms with Gasteiger partial charge in [-0.05, 0) is 30.7 Å². The SMILES string of the molecule is Cc1c(C(=O)NCCn2ncc3c(=O)n(Cc4cccc(C(F)(F)F)c4)cnc32)cccc1[N+](=O)[O-]. The summed E-state index contributed by atoms with van der Waals surface area (Å²) in [7, 11) is 0. The van der Waals surface area contributed by atoms with Gasteiger partial charge in [-0.1, -0.05) is 18.2 Å². The summed E-state index contributed by atoms with van der Waals surface area (Å²) in [5, 5.41) is 18.0. The highest BCUT2D eigenvalue weighted by Crippen LogP contribution is 2.29. The molecule has 10 nitrogen and oxygen atoms in total. The van der Waals surface area contributed by atoms with Crippen LogP contribution in [0.15, 0.2) is 59.8 Å². The van der Waals surface area contributed by atoms with Crippen LogP contribution >= 0.6 is 0 Å². The molecular weight excluding hydrogens is 481 g/mol. The number of nitrogens with zero attached hydrogens (tertiary/aromatic N) is 5. The topological polar surface area (TPSA) is 125 Å². The number of carbonyl (C=O) groups excluding carboxylic acids is 1. The molecule has 2 aromatic heterocycles. The zero-order valence-corrected chi connectivity index (χ0v) is 18.8. The van der Waals surface area contributed by atoms with Crippen molar-refractivity contribution in [2.45, 2.75) is 26.2 Å². The van der Waals surface area contributed by atoms with Gasteiger partial charge in [0.2, 0.25) is 0 Å². The molecule has 0 radical (unpaired) electrons. The highest BCUT2D eigenvalue weighted by Gasteiger charge is 2.30. The number of nitro benzene ring substituents is 1. The van der Waals surface area contributed by atoms with Crippen LogP contribution in [0.1, 0.15) is 27.0 Å². The second-order valence-corrected chi connectivity index (χ2v) is 7.94. The van der Waals surface area contributed by atoms with Gasteiger partial charge in [-0.3, -0.25) is 24.3 Å². The number of benzene rings is 2. The Hall–Kier alpha value is -4.55. The normalized spacial score (nSPS) is 11.6. The molecule has 0 saturated heterocycles. The molecular formula is C23H19F3N6O4. The van der Waals surface area contributed by atoms with E-state index in [2.05, 4.69) is 15.4 Å². The first-order chi connectivity index (χ1) is 17.1. The number of alkyl halides is 3. The van der Waals surface area contributed by atoms with Gasteiger partial charge in [-0.25, -0.2) is 9.67 Å². The second kappa shape index (κ2) is 9.60. The van der Waals surface area contributed by atoms with Crippen molar-refractivity contribution >= 4 is 22.6 Å². The molecule has 2 heterocycles. The molecule has 0 aliphatic rings. The number of nitrogens with one attached hydrogen (secondary N) is 1. The average Bonchev–Trinajstić information content (AvgIpc) is 3.24. The fraction of sp³-hybridized carbons (Fsp3) is 0.217. The van der Waals surface area contributed by atoms with Crippen molar-refractivity contribution in [2.24, 2.45) is 0 Å². The predicted molar refractivity (Wildman–Crippen MR) is 123 cm³/mol. The molecule has 1 amide bonds. The van der Waals surface area contributed by atoms with E-state index in [0.29, 0.717) is 5.56 Å². The maximum atomic E-state index is 13.0. The third kappa shape index (κ3) is 4.94. The van der Waals surface area contributed by atoms with Gasteiger partial charge in [0.05, 0.1) is 29.8 Å². The standard InChI is InChI=1S/C23H19F3N6O4/c1-14-17(6-3-7-19(14)32(35)36)21(33)27-8-9-31-20-18(11-29-31)22(34)30(13-28-20)12-15-4-2-5-16(10-15)23(24,25)26/h2-7,10-11,13H,8-9,12H2,1H3,(H,27,33). The Morgan fingerprint density at radius 3 is 2.67 bits per heavy atom. The molecule has 13 heteroatoms. The fourth-order valence-corrected chi connectivity index (χ4v) is 3.75. The van der Waals surface area contributed by atoms with Crippen LogP contribution in [0.5, 0.6) is 0 Å². The molecule has 36 heavy (non-hydrogen) atoms. The Bertz CT molecular complexity index is 1530. The summed E-state index contributed by atoms with van der Waals surface area (Å²) in [5.74, 6) is -0.496. The van der Waals surface area contributed by atoms with E-state index in [0.717, 1.165) is 12.1 Å². The number of amides is 1. The Morgan fingerprint density at radius 2 is 1.94 bits per heavy atom. The van der Waals surface area contributed by atoms with E-state index in [4.69, 9.17) is 0 Å². The van der Waals surface area contributed by atoms with Crippen molar-refractivity contribution in [3.8, 4) is 0 Å². The maximum absolute atomic E-state index is 13.0. The van der Waals surface area contributed by atoms with E-state index in [-0.39, 0.29) is 47.5 Å². The van der Waals surface area contributed by atoms with Gasteiger partial charge < -0.3 is 5.32 Å². The first-order valence-corrected chi connectivity index (χ1v) is 10.7. The molecule has 0 saturated carbocycles. The molecule has 0 aliphatic heterocycles. The maximum Gasteiger partial charge on any atom is 0.416 e. The Morgan fingerprint density at radius 1 is 1.19 bits per heavy atom. The van der Waals surface area contributed by atoms with E-state index < -0.39 is 28.1 Å². The Labute approximate surface area is 201 Å². The first kappa shape index (κ1) is 24.6. The van der Waals surface area contributed by atoms with Crippen LogP contribution in [0.25, 0.3) is 11.0 Å². The molecule has 4 aromatic rings. The molecule has 186 valence electrons. The van der Waals surface area contributed by atoms with Crippen molar-refractivity contribution in [1.29, 1.82) is 0 Å². The average molecular weight is 500 g/mol. The highest BCUT2D eigenvalue weighted by molar-refractivity contribution is 5.96. The summed E-state index contributed by atoms with van der Waals surface area (Å²) in [6.45, 7) is 1.65. The number of aromatic nitrogens is 4. The Balaban J connectivity index is 1.47. The quantitative estimate of drug-likeness (QED) is 0.307. The van der Waals surface area contributed by atoms with Gasteiger partial charge in [0.25, 0.3) is 17.2 Å². The zero-order chi connectivity index (χ0) is 26.0. The zero-order valence-electron chi connectivity index (χ0n) is 18.8. The summed E-state index contributed by atoms with van der Waals surface area (Å²) >= 11 is 0.